The van der Waals surface area contributed by atoms with Gasteiger partial charge in [-0.1, -0.05) is 6.92 Å². The lowest BCUT2D eigenvalue weighted by molar-refractivity contribution is 0.0600. The first kappa shape index (κ1) is 13.8. The molecule has 0 bridgehead atoms. The van der Waals surface area contributed by atoms with Crippen molar-refractivity contribution in [3.63, 3.8) is 0 Å². The summed E-state index contributed by atoms with van der Waals surface area (Å²) in [5.41, 5.74) is 0.526. The van der Waals surface area contributed by atoms with E-state index in [2.05, 4.69) is 24.1 Å². The number of pyridine rings is 1. The molecule has 0 saturated carbocycles. The number of hydrogen-bond donors (Lipinski definition) is 1. The molecule has 1 N–H and O–H groups in total. The maximum absolute atomic E-state index is 11.5. The Morgan fingerprint density at radius 2 is 2.29 bits per heavy atom. The van der Waals surface area contributed by atoms with Gasteiger partial charge in [-0.25, -0.2) is 9.78 Å². The minimum absolute atomic E-state index is 0.324. The molecule has 0 radical (unpaired) electrons. The number of aromatic nitrogens is 1. The predicted molar refractivity (Wildman–Crippen MR) is 70.7 cm³/mol. The number of esters is 1. The first-order chi connectivity index (χ1) is 8.10. The zero-order chi connectivity index (χ0) is 12.8. The molecule has 4 nitrogen and oxygen atoms in total. The second-order valence-corrected chi connectivity index (χ2v) is 4.56. The van der Waals surface area contributed by atoms with Crippen LogP contribution in [0.1, 0.15) is 30.6 Å². The van der Waals surface area contributed by atoms with E-state index in [1.54, 1.807) is 12.1 Å². The lowest BCUT2D eigenvalue weighted by Gasteiger charge is -2.13. The van der Waals surface area contributed by atoms with Crippen molar-refractivity contribution in [3.05, 3.63) is 17.7 Å². The molecule has 0 aromatic carbocycles. The van der Waals surface area contributed by atoms with E-state index in [1.807, 2.05) is 6.26 Å². The van der Waals surface area contributed by atoms with E-state index in [0.717, 1.165) is 11.4 Å². The Labute approximate surface area is 106 Å². The maximum atomic E-state index is 11.5. The number of methoxy groups -OCH3 is 1. The Morgan fingerprint density at radius 1 is 1.59 bits per heavy atom. The third-order valence-corrected chi connectivity index (χ3v) is 3.07. The highest BCUT2D eigenvalue weighted by Gasteiger charge is 2.10. The van der Waals surface area contributed by atoms with Crippen molar-refractivity contribution in [2.24, 2.45) is 0 Å². The molecule has 5 heteroatoms. The van der Waals surface area contributed by atoms with Gasteiger partial charge in [-0.15, -0.1) is 11.8 Å². The summed E-state index contributed by atoms with van der Waals surface area (Å²) < 4.78 is 4.72. The number of anilines is 1. The Bertz CT molecular complexity index is 396. The summed E-state index contributed by atoms with van der Waals surface area (Å²) in [5.74, 6) is 0.376. The normalized spacial score (nSPS) is 12.0. The molecule has 0 aliphatic rings. The Kier molecular flexibility index (Phi) is 5.28. The third kappa shape index (κ3) is 3.93. The van der Waals surface area contributed by atoms with Crippen molar-refractivity contribution in [2.75, 3.05) is 18.7 Å². The van der Waals surface area contributed by atoms with E-state index < -0.39 is 0 Å². The Hall–Kier alpha value is -1.23. The molecule has 1 rings (SSSR count). The average Bonchev–Trinajstić information content (AvgIpc) is 2.36. The van der Waals surface area contributed by atoms with Crippen LogP contribution in [0.4, 0.5) is 5.82 Å². The van der Waals surface area contributed by atoms with E-state index in [-0.39, 0.29) is 5.97 Å². The quantitative estimate of drug-likeness (QED) is 0.647. The van der Waals surface area contributed by atoms with E-state index in [9.17, 15) is 4.79 Å². The van der Waals surface area contributed by atoms with E-state index in [0.29, 0.717) is 17.4 Å². The highest BCUT2D eigenvalue weighted by molar-refractivity contribution is 7.98. The van der Waals surface area contributed by atoms with Crippen LogP contribution in [0, 0.1) is 0 Å². The van der Waals surface area contributed by atoms with Gasteiger partial charge in [0.2, 0.25) is 0 Å². The molecule has 1 aromatic rings. The van der Waals surface area contributed by atoms with Gasteiger partial charge in [0.1, 0.15) is 5.82 Å². The topological polar surface area (TPSA) is 51.2 Å². The summed E-state index contributed by atoms with van der Waals surface area (Å²) in [6.07, 6.45) is 2.93. The highest BCUT2D eigenvalue weighted by Crippen LogP contribution is 2.19. The van der Waals surface area contributed by atoms with E-state index >= 15 is 0 Å². The van der Waals surface area contributed by atoms with Crippen LogP contribution in [0.25, 0.3) is 0 Å². The van der Waals surface area contributed by atoms with E-state index in [4.69, 9.17) is 4.74 Å². The van der Waals surface area contributed by atoms with Crippen molar-refractivity contribution in [2.45, 2.75) is 31.3 Å². The number of ether oxygens (including phenoxy) is 1. The van der Waals surface area contributed by atoms with Crippen LogP contribution in [0.5, 0.6) is 0 Å². The molecular formula is C12H18N2O2S. The number of carbonyl (C=O) groups is 1. The summed E-state index contributed by atoms with van der Waals surface area (Å²) in [6.45, 7) is 4.17. The van der Waals surface area contributed by atoms with Crippen LogP contribution in [-0.2, 0) is 4.74 Å². The monoisotopic (exact) mass is 254 g/mol. The van der Waals surface area contributed by atoms with Gasteiger partial charge >= 0.3 is 5.97 Å². The van der Waals surface area contributed by atoms with Crippen molar-refractivity contribution >= 4 is 23.5 Å². The standard InChI is InChI=1S/C12H18N2O2S/c1-5-8(2)13-10-6-9(12(15)16-3)7-11(14-10)17-4/h6-8H,5H2,1-4H3,(H,13,14). The van der Waals surface area contributed by atoms with Crippen molar-refractivity contribution in [1.29, 1.82) is 0 Å². The number of nitrogens with one attached hydrogen (secondary N) is 1. The first-order valence-corrected chi connectivity index (χ1v) is 6.74. The Morgan fingerprint density at radius 3 is 2.82 bits per heavy atom. The number of thioether (sulfide) groups is 1. The second kappa shape index (κ2) is 6.49. The molecule has 17 heavy (non-hydrogen) atoms. The van der Waals surface area contributed by atoms with Gasteiger partial charge in [0.25, 0.3) is 0 Å². The summed E-state index contributed by atoms with van der Waals surface area (Å²) in [6, 6.07) is 3.78. The lowest BCUT2D eigenvalue weighted by Crippen LogP contribution is -2.15. The fourth-order valence-electron chi connectivity index (χ4n) is 1.27. The van der Waals surface area contributed by atoms with Crippen LogP contribution < -0.4 is 5.32 Å². The SMILES string of the molecule is CCC(C)Nc1cc(C(=O)OC)cc(SC)n1. The molecule has 1 aromatic heterocycles. The van der Waals surface area contributed by atoms with Gasteiger partial charge in [0.15, 0.2) is 0 Å². The van der Waals surface area contributed by atoms with Crippen LogP contribution in [-0.4, -0.2) is 30.4 Å². The first-order valence-electron chi connectivity index (χ1n) is 5.51. The number of hydrogen-bond acceptors (Lipinski definition) is 5. The molecular weight excluding hydrogens is 236 g/mol. The molecule has 0 spiro atoms. The van der Waals surface area contributed by atoms with Crippen molar-refractivity contribution in [1.82, 2.24) is 4.98 Å². The molecule has 0 aliphatic heterocycles. The Balaban J connectivity index is 3.00. The lowest BCUT2D eigenvalue weighted by atomic mass is 10.2. The minimum Gasteiger partial charge on any atom is -0.465 e. The minimum atomic E-state index is -0.338. The third-order valence-electron chi connectivity index (χ3n) is 2.44. The van der Waals surface area contributed by atoms with Crippen LogP contribution in [0.15, 0.2) is 17.2 Å². The smallest absolute Gasteiger partial charge is 0.338 e. The van der Waals surface area contributed by atoms with Crippen LogP contribution in [0.2, 0.25) is 0 Å². The van der Waals surface area contributed by atoms with Gasteiger partial charge in [-0.2, -0.15) is 0 Å². The van der Waals surface area contributed by atoms with Crippen LogP contribution >= 0.6 is 11.8 Å². The predicted octanol–water partition coefficient (Wildman–Crippen LogP) is 2.80. The zero-order valence-electron chi connectivity index (χ0n) is 10.6. The molecule has 1 atom stereocenters. The fraction of sp³-hybridized carbons (Fsp3) is 0.500. The zero-order valence-corrected chi connectivity index (χ0v) is 11.4. The summed E-state index contributed by atoms with van der Waals surface area (Å²) in [4.78, 5) is 15.9. The molecule has 0 saturated heterocycles. The number of nitrogens with zero attached hydrogens (tertiary/aromatic N) is 1. The van der Waals surface area contributed by atoms with Gasteiger partial charge in [-0.05, 0) is 31.7 Å². The summed E-state index contributed by atoms with van der Waals surface area (Å²) >= 11 is 1.50. The number of carbonyl (C=O) groups excluding carboxylic acids is 1. The van der Waals surface area contributed by atoms with Gasteiger partial charge < -0.3 is 10.1 Å². The van der Waals surface area contributed by atoms with Crippen molar-refractivity contribution in [3.8, 4) is 0 Å². The summed E-state index contributed by atoms with van der Waals surface area (Å²) in [5, 5.41) is 4.06. The molecule has 94 valence electrons. The van der Waals surface area contributed by atoms with Crippen LogP contribution in [0.3, 0.4) is 0 Å². The fourth-order valence-corrected chi connectivity index (χ4v) is 1.71. The van der Waals surface area contributed by atoms with Gasteiger partial charge in [0.05, 0.1) is 17.7 Å². The molecule has 1 heterocycles. The van der Waals surface area contributed by atoms with Gasteiger partial charge in [0, 0.05) is 6.04 Å². The molecule has 0 fully saturated rings. The highest BCUT2D eigenvalue weighted by atomic mass is 32.2. The summed E-state index contributed by atoms with van der Waals surface area (Å²) in [7, 11) is 1.38. The van der Waals surface area contributed by atoms with E-state index in [1.165, 1.54) is 18.9 Å². The van der Waals surface area contributed by atoms with Gasteiger partial charge in [-0.3, -0.25) is 0 Å². The maximum Gasteiger partial charge on any atom is 0.338 e. The number of rotatable bonds is 5. The second-order valence-electron chi connectivity index (χ2n) is 3.73. The molecule has 0 aliphatic carbocycles. The largest absolute Gasteiger partial charge is 0.465 e. The molecule has 0 amide bonds. The average molecular weight is 254 g/mol. The molecule has 1 unspecified atom stereocenters. The van der Waals surface area contributed by atoms with Crippen molar-refractivity contribution < 1.29 is 9.53 Å².